The molecule has 1 N–H and O–H groups in total. The highest BCUT2D eigenvalue weighted by molar-refractivity contribution is 5.97. The van der Waals surface area contributed by atoms with Crippen LogP contribution in [0.3, 0.4) is 0 Å². The summed E-state index contributed by atoms with van der Waals surface area (Å²) in [5, 5.41) is 2.92. The number of pyridine rings is 1. The second kappa shape index (κ2) is 7.52. The third-order valence-electron chi connectivity index (χ3n) is 4.59. The summed E-state index contributed by atoms with van der Waals surface area (Å²) in [5.74, 6) is 1.52. The van der Waals surface area contributed by atoms with E-state index in [4.69, 9.17) is 4.74 Å². The van der Waals surface area contributed by atoms with E-state index in [9.17, 15) is 4.79 Å². The molecular formula is C22H20N4O2. The number of nitrogens with one attached hydrogen (secondary N) is 1. The minimum Gasteiger partial charge on any atom is -0.497 e. The standard InChI is InChI=1S/C22H20N4O2/c1-15-25-20-12-17(22(27)24-14-16-4-3-11-23-13-16)5-10-21(20)26(15)18-6-8-19(28-2)9-7-18/h3-13H,14H2,1-2H3,(H,24,27). The summed E-state index contributed by atoms with van der Waals surface area (Å²) in [6.07, 6.45) is 3.45. The highest BCUT2D eigenvalue weighted by Crippen LogP contribution is 2.24. The maximum absolute atomic E-state index is 12.5. The maximum atomic E-state index is 12.5. The van der Waals surface area contributed by atoms with Gasteiger partial charge in [0.2, 0.25) is 0 Å². The van der Waals surface area contributed by atoms with Gasteiger partial charge in [-0.15, -0.1) is 0 Å². The second-order valence-electron chi connectivity index (χ2n) is 6.44. The van der Waals surface area contributed by atoms with Crippen LogP contribution in [0.4, 0.5) is 0 Å². The normalized spacial score (nSPS) is 10.8. The molecule has 0 bridgehead atoms. The van der Waals surface area contributed by atoms with Crippen molar-refractivity contribution in [3.63, 3.8) is 0 Å². The first kappa shape index (κ1) is 17.7. The predicted octanol–water partition coefficient (Wildman–Crippen LogP) is 3.67. The Morgan fingerprint density at radius 3 is 2.68 bits per heavy atom. The monoisotopic (exact) mass is 372 g/mol. The number of carbonyl (C=O) groups is 1. The summed E-state index contributed by atoms with van der Waals surface area (Å²) < 4.78 is 7.29. The molecular weight excluding hydrogens is 352 g/mol. The van der Waals surface area contributed by atoms with Gasteiger partial charge in [0.25, 0.3) is 5.91 Å². The molecule has 0 aliphatic rings. The van der Waals surface area contributed by atoms with Crippen molar-refractivity contribution in [2.45, 2.75) is 13.5 Å². The van der Waals surface area contributed by atoms with Crippen molar-refractivity contribution in [1.82, 2.24) is 19.9 Å². The minimum absolute atomic E-state index is 0.137. The number of nitrogens with zero attached hydrogens (tertiary/aromatic N) is 3. The van der Waals surface area contributed by atoms with Crippen molar-refractivity contribution in [1.29, 1.82) is 0 Å². The van der Waals surface area contributed by atoms with Crippen molar-refractivity contribution in [2.24, 2.45) is 0 Å². The van der Waals surface area contributed by atoms with Crippen LogP contribution in [0.15, 0.2) is 67.0 Å². The third kappa shape index (κ3) is 3.44. The molecule has 0 spiro atoms. The lowest BCUT2D eigenvalue weighted by Gasteiger charge is -2.09. The molecule has 0 saturated heterocycles. The Labute approximate surface area is 162 Å². The Bertz CT molecular complexity index is 1120. The number of rotatable bonds is 5. The Morgan fingerprint density at radius 2 is 1.96 bits per heavy atom. The van der Waals surface area contributed by atoms with E-state index < -0.39 is 0 Å². The summed E-state index contributed by atoms with van der Waals surface area (Å²) in [6, 6.07) is 17.2. The second-order valence-corrected chi connectivity index (χ2v) is 6.44. The molecule has 6 nitrogen and oxygen atoms in total. The Balaban J connectivity index is 1.60. The lowest BCUT2D eigenvalue weighted by molar-refractivity contribution is 0.0951. The van der Waals surface area contributed by atoms with Crippen LogP contribution in [0, 0.1) is 6.92 Å². The Kier molecular flexibility index (Phi) is 4.76. The Morgan fingerprint density at radius 1 is 1.14 bits per heavy atom. The number of amides is 1. The van der Waals surface area contributed by atoms with Crippen LogP contribution in [0.2, 0.25) is 0 Å². The lowest BCUT2D eigenvalue weighted by Crippen LogP contribution is -2.22. The number of benzene rings is 2. The number of hydrogen-bond acceptors (Lipinski definition) is 4. The van der Waals surface area contributed by atoms with Gasteiger partial charge in [0.1, 0.15) is 11.6 Å². The molecule has 0 saturated carbocycles. The van der Waals surface area contributed by atoms with Gasteiger partial charge in [-0.05, 0) is 61.0 Å². The van der Waals surface area contributed by atoms with Gasteiger partial charge in [-0.3, -0.25) is 14.3 Å². The number of carbonyl (C=O) groups excluding carboxylic acids is 1. The fraction of sp³-hybridized carbons (Fsp3) is 0.136. The van der Waals surface area contributed by atoms with Crippen LogP contribution in [0.1, 0.15) is 21.7 Å². The van der Waals surface area contributed by atoms with E-state index in [1.807, 2.05) is 61.5 Å². The predicted molar refractivity (Wildman–Crippen MR) is 108 cm³/mol. The van der Waals surface area contributed by atoms with Crippen molar-refractivity contribution < 1.29 is 9.53 Å². The summed E-state index contributed by atoms with van der Waals surface area (Å²) in [4.78, 5) is 21.2. The van der Waals surface area contributed by atoms with Gasteiger partial charge in [0, 0.05) is 30.2 Å². The van der Waals surface area contributed by atoms with Crippen LogP contribution in [-0.4, -0.2) is 27.6 Å². The fourth-order valence-corrected chi connectivity index (χ4v) is 3.19. The molecule has 0 aliphatic heterocycles. The summed E-state index contributed by atoms with van der Waals surface area (Å²) in [5.41, 5.74) is 4.26. The average molecular weight is 372 g/mol. The first-order valence-corrected chi connectivity index (χ1v) is 8.96. The average Bonchev–Trinajstić information content (AvgIpc) is 3.07. The molecule has 0 atom stereocenters. The maximum Gasteiger partial charge on any atom is 0.251 e. The van der Waals surface area contributed by atoms with Crippen molar-refractivity contribution in [3.05, 3.63) is 83.9 Å². The molecule has 0 fully saturated rings. The van der Waals surface area contributed by atoms with E-state index in [0.29, 0.717) is 12.1 Å². The number of aryl methyl sites for hydroxylation is 1. The number of ether oxygens (including phenoxy) is 1. The van der Waals surface area contributed by atoms with Crippen LogP contribution >= 0.6 is 0 Å². The smallest absolute Gasteiger partial charge is 0.251 e. The quantitative estimate of drug-likeness (QED) is 0.580. The first-order valence-electron chi connectivity index (χ1n) is 8.96. The third-order valence-corrected chi connectivity index (χ3v) is 4.59. The topological polar surface area (TPSA) is 69.0 Å². The number of imidazole rings is 1. The minimum atomic E-state index is -0.137. The largest absolute Gasteiger partial charge is 0.497 e. The van der Waals surface area contributed by atoms with Gasteiger partial charge in [0.15, 0.2) is 0 Å². The molecule has 4 rings (SSSR count). The summed E-state index contributed by atoms with van der Waals surface area (Å²) >= 11 is 0. The summed E-state index contributed by atoms with van der Waals surface area (Å²) in [7, 11) is 1.65. The van der Waals surface area contributed by atoms with Gasteiger partial charge in [-0.25, -0.2) is 4.98 Å². The molecule has 6 heteroatoms. The number of methoxy groups -OCH3 is 1. The van der Waals surface area contributed by atoms with E-state index in [0.717, 1.165) is 33.9 Å². The number of hydrogen-bond donors (Lipinski definition) is 1. The molecule has 0 aliphatic carbocycles. The number of fused-ring (bicyclic) bond motifs is 1. The molecule has 140 valence electrons. The van der Waals surface area contributed by atoms with Crippen LogP contribution in [0.25, 0.3) is 16.7 Å². The van der Waals surface area contributed by atoms with E-state index >= 15 is 0 Å². The Hall–Kier alpha value is -3.67. The zero-order chi connectivity index (χ0) is 19.5. The first-order chi connectivity index (χ1) is 13.7. The molecule has 0 radical (unpaired) electrons. The zero-order valence-electron chi connectivity index (χ0n) is 15.7. The molecule has 4 aromatic rings. The summed E-state index contributed by atoms with van der Waals surface area (Å²) in [6.45, 7) is 2.39. The van der Waals surface area contributed by atoms with Crippen LogP contribution in [-0.2, 0) is 6.54 Å². The zero-order valence-corrected chi connectivity index (χ0v) is 15.7. The lowest BCUT2D eigenvalue weighted by atomic mass is 10.1. The highest BCUT2D eigenvalue weighted by atomic mass is 16.5. The van der Waals surface area contributed by atoms with Crippen molar-refractivity contribution in [2.75, 3.05) is 7.11 Å². The fourth-order valence-electron chi connectivity index (χ4n) is 3.19. The SMILES string of the molecule is COc1ccc(-n2c(C)nc3cc(C(=O)NCc4cccnc4)ccc32)cc1. The van der Waals surface area contributed by atoms with Gasteiger partial charge < -0.3 is 10.1 Å². The molecule has 28 heavy (non-hydrogen) atoms. The molecule has 1 amide bonds. The van der Waals surface area contributed by atoms with E-state index in [-0.39, 0.29) is 5.91 Å². The number of aromatic nitrogens is 3. The highest BCUT2D eigenvalue weighted by Gasteiger charge is 2.13. The molecule has 2 heterocycles. The van der Waals surface area contributed by atoms with Gasteiger partial charge in [-0.2, -0.15) is 0 Å². The van der Waals surface area contributed by atoms with E-state index in [2.05, 4.69) is 19.9 Å². The van der Waals surface area contributed by atoms with Gasteiger partial charge in [-0.1, -0.05) is 6.07 Å². The molecule has 2 aromatic heterocycles. The van der Waals surface area contributed by atoms with Crippen LogP contribution in [0.5, 0.6) is 5.75 Å². The molecule has 2 aromatic carbocycles. The molecule has 0 unspecified atom stereocenters. The van der Waals surface area contributed by atoms with E-state index in [1.165, 1.54) is 0 Å². The van der Waals surface area contributed by atoms with Gasteiger partial charge in [0.05, 0.1) is 18.1 Å². The van der Waals surface area contributed by atoms with Crippen molar-refractivity contribution >= 4 is 16.9 Å². The van der Waals surface area contributed by atoms with Crippen LogP contribution < -0.4 is 10.1 Å². The van der Waals surface area contributed by atoms with Crippen molar-refractivity contribution in [3.8, 4) is 11.4 Å². The van der Waals surface area contributed by atoms with Gasteiger partial charge >= 0.3 is 0 Å². The van der Waals surface area contributed by atoms with E-state index in [1.54, 1.807) is 19.5 Å².